The molecule has 0 aromatic rings. The van der Waals surface area contributed by atoms with Crippen molar-refractivity contribution in [2.24, 2.45) is 0 Å². The lowest BCUT2D eigenvalue weighted by Crippen LogP contribution is -2.52. The van der Waals surface area contributed by atoms with E-state index in [1.54, 1.807) is 21.3 Å². The van der Waals surface area contributed by atoms with Gasteiger partial charge in [0, 0.05) is 21.3 Å². The van der Waals surface area contributed by atoms with Crippen molar-refractivity contribution in [3.05, 3.63) is 0 Å². The summed E-state index contributed by atoms with van der Waals surface area (Å²) < 4.78 is 15.9. The molecule has 0 heterocycles. The number of hydrogen-bond donors (Lipinski definition) is 1. The van der Waals surface area contributed by atoms with Crippen molar-refractivity contribution in [3.8, 4) is 0 Å². The first kappa shape index (κ1) is 15.1. The van der Waals surface area contributed by atoms with E-state index in [1.807, 2.05) is 0 Å². The molecular weight excluding hydrogens is 210 g/mol. The lowest BCUT2D eigenvalue weighted by molar-refractivity contribution is 0.122. The normalized spacial score (nSPS) is 12.0. The topological polar surface area (TPSA) is 39.7 Å². The summed E-state index contributed by atoms with van der Waals surface area (Å²) in [6.45, 7) is 3.22. The quantitative estimate of drug-likeness (QED) is 0.461. The highest BCUT2D eigenvalue weighted by Crippen LogP contribution is 2.04. The molecule has 0 amide bonds. The maximum Gasteiger partial charge on any atom is 0.514 e. The van der Waals surface area contributed by atoms with Crippen molar-refractivity contribution in [2.45, 2.75) is 32.6 Å². The second kappa shape index (κ2) is 9.29. The molecule has 0 atom stereocenters. The van der Waals surface area contributed by atoms with E-state index >= 15 is 0 Å². The Morgan fingerprint density at radius 2 is 1.53 bits per heavy atom. The van der Waals surface area contributed by atoms with Gasteiger partial charge < -0.3 is 18.6 Å². The minimum atomic E-state index is -2.40. The van der Waals surface area contributed by atoms with Crippen molar-refractivity contribution in [2.75, 3.05) is 34.0 Å². The van der Waals surface area contributed by atoms with Gasteiger partial charge >= 0.3 is 8.80 Å². The number of nitrogens with one attached hydrogen (secondary N) is 1. The highest BCUT2D eigenvalue weighted by molar-refractivity contribution is 6.60. The fourth-order valence-electron chi connectivity index (χ4n) is 1.38. The molecule has 0 aromatic heterocycles. The first-order valence-corrected chi connectivity index (χ1v) is 7.54. The molecule has 5 heteroatoms. The van der Waals surface area contributed by atoms with E-state index < -0.39 is 8.80 Å². The van der Waals surface area contributed by atoms with Crippen molar-refractivity contribution < 1.29 is 13.3 Å². The first-order valence-electron chi connectivity index (χ1n) is 5.60. The summed E-state index contributed by atoms with van der Waals surface area (Å²) in [5, 5.41) is 3.32. The van der Waals surface area contributed by atoms with E-state index in [0.717, 1.165) is 6.54 Å². The maximum atomic E-state index is 5.30. The van der Waals surface area contributed by atoms with Crippen LogP contribution < -0.4 is 5.32 Å². The summed E-state index contributed by atoms with van der Waals surface area (Å²) in [6, 6.07) is 0. The van der Waals surface area contributed by atoms with Gasteiger partial charge in [-0.2, -0.15) is 0 Å². The Morgan fingerprint density at radius 1 is 0.933 bits per heavy atom. The van der Waals surface area contributed by atoms with Crippen LogP contribution in [0.3, 0.4) is 0 Å². The average molecular weight is 235 g/mol. The molecule has 4 nitrogen and oxygen atoms in total. The molecule has 0 aliphatic rings. The predicted octanol–water partition coefficient (Wildman–Crippen LogP) is 1.57. The second-order valence-corrected chi connectivity index (χ2v) is 6.48. The SMILES string of the molecule is CCCCCCNC[Si](OC)(OC)OC. The molecule has 0 radical (unpaired) electrons. The minimum Gasteiger partial charge on any atom is -0.376 e. The van der Waals surface area contributed by atoms with Crippen LogP contribution in [0.1, 0.15) is 32.6 Å². The summed E-state index contributed by atoms with van der Waals surface area (Å²) >= 11 is 0. The fourth-order valence-corrected chi connectivity index (χ4v) is 2.80. The monoisotopic (exact) mass is 235 g/mol. The van der Waals surface area contributed by atoms with Gasteiger partial charge in [-0.25, -0.2) is 0 Å². The summed E-state index contributed by atoms with van der Waals surface area (Å²) in [7, 11) is 2.51. The molecule has 0 saturated heterocycles. The summed E-state index contributed by atoms with van der Waals surface area (Å²) in [6.07, 6.45) is 5.75. The van der Waals surface area contributed by atoms with Gasteiger partial charge in [0.05, 0.1) is 6.17 Å². The molecule has 0 aliphatic carbocycles. The predicted molar refractivity (Wildman–Crippen MR) is 63.8 cm³/mol. The summed E-state index contributed by atoms with van der Waals surface area (Å²) in [5.41, 5.74) is 0. The van der Waals surface area contributed by atoms with Gasteiger partial charge in [-0.1, -0.05) is 26.2 Å². The van der Waals surface area contributed by atoms with Gasteiger partial charge in [0.15, 0.2) is 0 Å². The molecule has 1 N–H and O–H groups in total. The van der Waals surface area contributed by atoms with Crippen LogP contribution in [0, 0.1) is 0 Å². The van der Waals surface area contributed by atoms with Crippen LogP contribution in [-0.2, 0) is 13.3 Å². The Balaban J connectivity index is 3.54. The van der Waals surface area contributed by atoms with Gasteiger partial charge in [-0.05, 0) is 13.0 Å². The first-order chi connectivity index (χ1) is 7.24. The van der Waals surface area contributed by atoms with E-state index in [-0.39, 0.29) is 0 Å². The zero-order valence-electron chi connectivity index (χ0n) is 10.5. The average Bonchev–Trinajstić information content (AvgIpc) is 2.29. The van der Waals surface area contributed by atoms with Crippen molar-refractivity contribution >= 4 is 8.80 Å². The molecule has 15 heavy (non-hydrogen) atoms. The fraction of sp³-hybridized carbons (Fsp3) is 1.00. The molecule has 0 saturated carbocycles. The Labute approximate surface area is 94.7 Å². The third-order valence-corrected chi connectivity index (χ3v) is 5.03. The van der Waals surface area contributed by atoms with Crippen LogP contribution in [0.2, 0.25) is 0 Å². The van der Waals surface area contributed by atoms with E-state index in [2.05, 4.69) is 12.2 Å². The minimum absolute atomic E-state index is 0.683. The Bertz CT molecular complexity index is 134. The Hall–Kier alpha value is 0.0569. The number of rotatable bonds is 10. The Morgan fingerprint density at radius 3 is 2.00 bits per heavy atom. The second-order valence-electron chi connectivity index (χ2n) is 3.53. The molecule has 0 aromatic carbocycles. The van der Waals surface area contributed by atoms with Crippen LogP contribution in [0.15, 0.2) is 0 Å². The lowest BCUT2D eigenvalue weighted by Gasteiger charge is -2.24. The van der Waals surface area contributed by atoms with E-state index in [1.165, 1.54) is 25.7 Å². The van der Waals surface area contributed by atoms with Crippen molar-refractivity contribution in [3.63, 3.8) is 0 Å². The molecule has 0 aliphatic heterocycles. The van der Waals surface area contributed by atoms with Crippen LogP contribution >= 0.6 is 0 Å². The zero-order chi connectivity index (χ0) is 11.6. The van der Waals surface area contributed by atoms with Crippen LogP contribution in [0.4, 0.5) is 0 Å². The van der Waals surface area contributed by atoms with Gasteiger partial charge in [0.2, 0.25) is 0 Å². The molecule has 0 bridgehead atoms. The molecule has 0 rings (SSSR count). The third kappa shape index (κ3) is 6.27. The van der Waals surface area contributed by atoms with Gasteiger partial charge in [0.25, 0.3) is 0 Å². The summed E-state index contributed by atoms with van der Waals surface area (Å²) in [5.74, 6) is 0. The van der Waals surface area contributed by atoms with E-state index in [9.17, 15) is 0 Å². The largest absolute Gasteiger partial charge is 0.514 e. The van der Waals surface area contributed by atoms with Crippen molar-refractivity contribution in [1.29, 1.82) is 0 Å². The molecule has 0 spiro atoms. The molecule has 0 fully saturated rings. The van der Waals surface area contributed by atoms with E-state index in [0.29, 0.717) is 6.17 Å². The van der Waals surface area contributed by atoms with Gasteiger partial charge in [-0.3, -0.25) is 0 Å². The lowest BCUT2D eigenvalue weighted by atomic mass is 10.2. The van der Waals surface area contributed by atoms with Gasteiger partial charge in [0.1, 0.15) is 0 Å². The van der Waals surface area contributed by atoms with Crippen LogP contribution in [-0.4, -0.2) is 42.8 Å². The zero-order valence-corrected chi connectivity index (χ0v) is 11.5. The van der Waals surface area contributed by atoms with E-state index in [4.69, 9.17) is 13.3 Å². The molecule has 92 valence electrons. The Kier molecular flexibility index (Phi) is 9.33. The van der Waals surface area contributed by atoms with Gasteiger partial charge in [-0.15, -0.1) is 0 Å². The molecular formula is C10H25NO3Si. The van der Waals surface area contributed by atoms with Crippen LogP contribution in [0.5, 0.6) is 0 Å². The smallest absolute Gasteiger partial charge is 0.376 e. The standard InChI is InChI=1S/C10H25NO3Si/c1-5-6-7-8-9-11-10-15(12-2,13-3)14-4/h11H,5-10H2,1-4H3. The molecule has 0 unspecified atom stereocenters. The van der Waals surface area contributed by atoms with Crippen molar-refractivity contribution in [1.82, 2.24) is 5.32 Å². The number of unbranched alkanes of at least 4 members (excludes halogenated alkanes) is 3. The van der Waals surface area contributed by atoms with Crippen LogP contribution in [0.25, 0.3) is 0 Å². The highest BCUT2D eigenvalue weighted by atomic mass is 28.4. The third-order valence-electron chi connectivity index (χ3n) is 2.48. The maximum absolute atomic E-state index is 5.30. The highest BCUT2D eigenvalue weighted by Gasteiger charge is 2.37. The number of hydrogen-bond acceptors (Lipinski definition) is 4. The summed E-state index contributed by atoms with van der Waals surface area (Å²) in [4.78, 5) is 0.